The second kappa shape index (κ2) is 10.3. The van der Waals surface area contributed by atoms with Gasteiger partial charge in [0.1, 0.15) is 0 Å². The Balaban J connectivity index is 1.79. The van der Waals surface area contributed by atoms with Crippen molar-refractivity contribution < 1.29 is 20.1 Å². The number of rotatable bonds is 9. The minimum atomic E-state index is -0.684. The van der Waals surface area contributed by atoms with Gasteiger partial charge in [-0.05, 0) is 92.3 Å². The molecule has 4 nitrogen and oxygen atoms in total. The molecule has 0 radical (unpaired) electrons. The zero-order valence-electron chi connectivity index (χ0n) is 19.6. The van der Waals surface area contributed by atoms with Crippen LogP contribution in [0, 0.1) is 40.9 Å². The van der Waals surface area contributed by atoms with Crippen LogP contribution in [0.25, 0.3) is 0 Å². The van der Waals surface area contributed by atoms with E-state index in [1.165, 1.54) is 38.5 Å². The number of carboxylic acids is 1. The fourth-order valence-corrected chi connectivity index (χ4v) is 8.02. The summed E-state index contributed by atoms with van der Waals surface area (Å²) in [6, 6.07) is 0. The van der Waals surface area contributed by atoms with Crippen LogP contribution in [0.4, 0.5) is 0 Å². The molecule has 3 unspecified atom stereocenters. The van der Waals surface area contributed by atoms with Crippen LogP contribution >= 0.6 is 0 Å². The van der Waals surface area contributed by atoms with Gasteiger partial charge in [0, 0.05) is 6.42 Å². The summed E-state index contributed by atoms with van der Waals surface area (Å²) in [5, 5.41) is 31.1. The minimum Gasteiger partial charge on any atom is -0.481 e. The summed E-state index contributed by atoms with van der Waals surface area (Å²) < 4.78 is 0. The summed E-state index contributed by atoms with van der Waals surface area (Å²) in [6.45, 7) is 6.98. The van der Waals surface area contributed by atoms with Crippen molar-refractivity contribution in [1.82, 2.24) is 0 Å². The molecule has 0 spiro atoms. The summed E-state index contributed by atoms with van der Waals surface area (Å²) in [4.78, 5) is 10.9. The molecule has 4 heteroatoms. The van der Waals surface area contributed by atoms with E-state index in [2.05, 4.69) is 20.8 Å². The molecule has 3 aliphatic carbocycles. The van der Waals surface area contributed by atoms with Gasteiger partial charge in [0.25, 0.3) is 0 Å². The lowest BCUT2D eigenvalue weighted by atomic mass is 9.45. The topological polar surface area (TPSA) is 77.8 Å². The lowest BCUT2D eigenvalue weighted by Crippen LogP contribution is -2.58. The molecule has 0 aromatic rings. The van der Waals surface area contributed by atoms with Crippen molar-refractivity contribution in [3.8, 4) is 0 Å². The maximum absolute atomic E-state index is 11.7. The van der Waals surface area contributed by atoms with Gasteiger partial charge in [0.15, 0.2) is 0 Å². The van der Waals surface area contributed by atoms with Gasteiger partial charge in [-0.25, -0.2) is 0 Å². The molecule has 0 aromatic carbocycles. The third kappa shape index (κ3) is 4.90. The van der Waals surface area contributed by atoms with Crippen LogP contribution in [0.2, 0.25) is 0 Å². The predicted molar refractivity (Wildman–Crippen MR) is 120 cm³/mol. The van der Waals surface area contributed by atoms with Crippen molar-refractivity contribution in [1.29, 1.82) is 0 Å². The van der Waals surface area contributed by atoms with Crippen LogP contribution in [0.3, 0.4) is 0 Å². The molecule has 30 heavy (non-hydrogen) atoms. The van der Waals surface area contributed by atoms with Crippen LogP contribution in [-0.2, 0) is 4.79 Å². The number of hydrogen-bond donors (Lipinski definition) is 3. The molecule has 0 bridgehead atoms. The minimum absolute atomic E-state index is 0.196. The van der Waals surface area contributed by atoms with Crippen molar-refractivity contribution >= 4 is 5.97 Å². The molecular formula is C26H46O4. The van der Waals surface area contributed by atoms with Gasteiger partial charge in [0.05, 0.1) is 12.2 Å². The molecule has 3 rings (SSSR count). The van der Waals surface area contributed by atoms with Crippen LogP contribution in [0.15, 0.2) is 0 Å². The number of unbranched alkanes of at least 4 members (excludes halogenated alkanes) is 1. The number of aliphatic carboxylic acids is 1. The number of carbonyl (C=O) groups is 1. The highest BCUT2D eigenvalue weighted by Crippen LogP contribution is 2.62. The Morgan fingerprint density at radius 1 is 1.03 bits per heavy atom. The van der Waals surface area contributed by atoms with Gasteiger partial charge >= 0.3 is 5.97 Å². The number of carboxylic acid groups (broad SMARTS) is 1. The molecule has 0 saturated heterocycles. The van der Waals surface area contributed by atoms with E-state index in [9.17, 15) is 15.0 Å². The Kier molecular flexibility index (Phi) is 8.28. The highest BCUT2D eigenvalue weighted by atomic mass is 16.4. The Hall–Kier alpha value is -0.610. The first kappa shape index (κ1) is 24.0. The second-order valence-corrected chi connectivity index (χ2v) is 11.2. The fourth-order valence-electron chi connectivity index (χ4n) is 8.02. The van der Waals surface area contributed by atoms with Crippen LogP contribution in [0.5, 0.6) is 0 Å². The smallest absolute Gasteiger partial charge is 0.303 e. The molecule has 0 aromatic heterocycles. The third-order valence-electron chi connectivity index (χ3n) is 9.52. The van der Waals surface area contributed by atoms with E-state index in [-0.39, 0.29) is 24.0 Å². The number of aliphatic hydroxyl groups is 2. The summed E-state index contributed by atoms with van der Waals surface area (Å²) in [5.41, 5.74) is 0.236. The highest BCUT2D eigenvalue weighted by Gasteiger charge is 2.58. The zero-order chi connectivity index (χ0) is 21.9. The Morgan fingerprint density at radius 2 is 1.80 bits per heavy atom. The normalized spacial score (nSPS) is 44.0. The number of hydrogen-bond acceptors (Lipinski definition) is 3. The zero-order valence-corrected chi connectivity index (χ0v) is 19.6. The van der Waals surface area contributed by atoms with E-state index in [0.29, 0.717) is 35.5 Å². The van der Waals surface area contributed by atoms with Crippen molar-refractivity contribution in [3.63, 3.8) is 0 Å². The average molecular weight is 423 g/mol. The van der Waals surface area contributed by atoms with Gasteiger partial charge in [0.2, 0.25) is 0 Å². The molecule has 3 fully saturated rings. The van der Waals surface area contributed by atoms with Crippen LogP contribution in [0.1, 0.15) is 104 Å². The summed E-state index contributed by atoms with van der Waals surface area (Å²) in [7, 11) is 0. The van der Waals surface area contributed by atoms with Crippen LogP contribution < -0.4 is 0 Å². The molecule has 0 heterocycles. The summed E-state index contributed by atoms with van der Waals surface area (Å²) >= 11 is 0. The van der Waals surface area contributed by atoms with Gasteiger partial charge in [-0.2, -0.15) is 0 Å². The summed E-state index contributed by atoms with van der Waals surface area (Å²) in [5.74, 6) is 2.20. The predicted octanol–water partition coefficient (Wildman–Crippen LogP) is 5.65. The van der Waals surface area contributed by atoms with Gasteiger partial charge in [-0.15, -0.1) is 0 Å². The molecular weight excluding hydrogens is 376 g/mol. The highest BCUT2D eigenvalue weighted by molar-refractivity contribution is 5.66. The van der Waals surface area contributed by atoms with Gasteiger partial charge < -0.3 is 15.3 Å². The van der Waals surface area contributed by atoms with E-state index in [4.69, 9.17) is 5.11 Å². The van der Waals surface area contributed by atoms with E-state index in [1.54, 1.807) is 0 Å². The van der Waals surface area contributed by atoms with E-state index in [1.807, 2.05) is 0 Å². The Labute approximate surface area is 183 Å². The Bertz CT molecular complexity index is 563. The van der Waals surface area contributed by atoms with E-state index < -0.39 is 5.97 Å². The molecule has 3 N–H and O–H groups in total. The van der Waals surface area contributed by atoms with Crippen molar-refractivity contribution in [2.45, 2.75) is 116 Å². The first-order valence-corrected chi connectivity index (χ1v) is 12.9. The monoisotopic (exact) mass is 422 g/mol. The Morgan fingerprint density at radius 3 is 2.47 bits per heavy atom. The lowest BCUT2D eigenvalue weighted by Gasteiger charge is -2.61. The molecule has 3 aliphatic rings. The number of aliphatic hydroxyl groups excluding tert-OH is 2. The van der Waals surface area contributed by atoms with Crippen molar-refractivity contribution in [2.75, 3.05) is 0 Å². The largest absolute Gasteiger partial charge is 0.481 e. The van der Waals surface area contributed by atoms with E-state index >= 15 is 0 Å². The first-order valence-electron chi connectivity index (χ1n) is 12.9. The summed E-state index contributed by atoms with van der Waals surface area (Å²) in [6.07, 6.45) is 12.7. The molecule has 9 atom stereocenters. The average Bonchev–Trinajstić information content (AvgIpc) is 3.15. The number of fused-ring (bicyclic) bond motifs is 1. The van der Waals surface area contributed by atoms with Gasteiger partial charge in [-0.3, -0.25) is 4.79 Å². The fraction of sp³-hybridized carbons (Fsp3) is 0.962. The molecule has 0 amide bonds. The van der Waals surface area contributed by atoms with Crippen molar-refractivity contribution in [3.05, 3.63) is 0 Å². The standard InChI is InChI=1S/C26H46O4/c1-4-6-9-21-24(18-12-11-17(15-18)8-7-10-23(28)29)25(30)20(5-2)22-16-19(27)13-14-26(21,22)3/h17-22,24-25,27,30H,4-16H2,1-3H3,(H,28,29)/t17-,18?,19+,20+,21?,22-,24?,25+,26+/m0/s1. The second-order valence-electron chi connectivity index (χ2n) is 11.2. The first-order chi connectivity index (χ1) is 14.3. The third-order valence-corrected chi connectivity index (χ3v) is 9.52. The van der Waals surface area contributed by atoms with E-state index in [0.717, 1.165) is 38.5 Å². The molecule has 3 saturated carbocycles. The van der Waals surface area contributed by atoms with Gasteiger partial charge in [-0.1, -0.05) is 46.5 Å². The van der Waals surface area contributed by atoms with Crippen molar-refractivity contribution in [2.24, 2.45) is 40.9 Å². The molecule has 174 valence electrons. The lowest BCUT2D eigenvalue weighted by molar-refractivity contribution is -0.174. The SMILES string of the molecule is CCCCC1C(C2CC[C@H](CCCC(=O)O)C2)[C@H](O)[C@H](CC)[C@@H]2C[C@H](O)CC[C@]12C. The maximum atomic E-state index is 11.7. The van der Waals surface area contributed by atoms with Crippen LogP contribution in [-0.4, -0.2) is 33.5 Å². The molecule has 0 aliphatic heterocycles. The maximum Gasteiger partial charge on any atom is 0.303 e. The quantitative estimate of drug-likeness (QED) is 0.449.